The standard InChI is InChI=1S/C11H15NO2S/c1-7-5-12-11(15-6-7)8-2-3-9(13)10(14)4-8/h2-4,7,11-14H,5-6H2,1H3. The van der Waals surface area contributed by atoms with Gasteiger partial charge >= 0.3 is 0 Å². The molecule has 0 amide bonds. The molecule has 15 heavy (non-hydrogen) atoms. The maximum Gasteiger partial charge on any atom is 0.157 e. The van der Waals surface area contributed by atoms with Crippen LogP contribution in [0.25, 0.3) is 0 Å². The Kier molecular flexibility index (Phi) is 3.07. The van der Waals surface area contributed by atoms with E-state index in [2.05, 4.69) is 12.2 Å². The van der Waals surface area contributed by atoms with Crippen molar-refractivity contribution in [3.63, 3.8) is 0 Å². The Hall–Kier alpha value is -0.870. The van der Waals surface area contributed by atoms with Crippen molar-refractivity contribution in [3.8, 4) is 11.5 Å². The van der Waals surface area contributed by atoms with Gasteiger partial charge in [-0.2, -0.15) is 0 Å². The molecule has 4 heteroatoms. The Bertz CT molecular complexity index is 348. The molecule has 1 aromatic rings. The van der Waals surface area contributed by atoms with E-state index in [0.29, 0.717) is 5.92 Å². The quantitative estimate of drug-likeness (QED) is 0.640. The van der Waals surface area contributed by atoms with E-state index in [4.69, 9.17) is 0 Å². The number of nitrogens with one attached hydrogen (secondary N) is 1. The van der Waals surface area contributed by atoms with Crippen molar-refractivity contribution in [2.24, 2.45) is 5.92 Å². The summed E-state index contributed by atoms with van der Waals surface area (Å²) in [6.45, 7) is 3.21. The molecule has 2 atom stereocenters. The monoisotopic (exact) mass is 225 g/mol. The summed E-state index contributed by atoms with van der Waals surface area (Å²) in [6, 6.07) is 5.00. The molecule has 0 bridgehead atoms. The summed E-state index contributed by atoms with van der Waals surface area (Å²) in [5.41, 5.74) is 1.02. The van der Waals surface area contributed by atoms with E-state index >= 15 is 0 Å². The molecule has 82 valence electrons. The molecule has 2 unspecified atom stereocenters. The lowest BCUT2D eigenvalue weighted by atomic mass is 10.1. The number of benzene rings is 1. The van der Waals surface area contributed by atoms with Crippen molar-refractivity contribution in [1.29, 1.82) is 0 Å². The summed E-state index contributed by atoms with van der Waals surface area (Å²) < 4.78 is 0. The van der Waals surface area contributed by atoms with Gasteiger partial charge in [0.15, 0.2) is 11.5 Å². The Morgan fingerprint density at radius 2 is 2.13 bits per heavy atom. The van der Waals surface area contributed by atoms with Crippen molar-refractivity contribution < 1.29 is 10.2 Å². The van der Waals surface area contributed by atoms with Crippen LogP contribution in [0.2, 0.25) is 0 Å². The van der Waals surface area contributed by atoms with Crippen molar-refractivity contribution in [3.05, 3.63) is 23.8 Å². The molecule has 1 fully saturated rings. The van der Waals surface area contributed by atoms with Gasteiger partial charge in [-0.05, 0) is 35.9 Å². The van der Waals surface area contributed by atoms with Gasteiger partial charge < -0.3 is 15.5 Å². The van der Waals surface area contributed by atoms with Gasteiger partial charge in [0.05, 0.1) is 5.37 Å². The minimum absolute atomic E-state index is 0.0477. The van der Waals surface area contributed by atoms with Gasteiger partial charge in [-0.25, -0.2) is 0 Å². The zero-order chi connectivity index (χ0) is 10.8. The SMILES string of the molecule is CC1CNC(c2ccc(O)c(O)c2)SC1. The van der Waals surface area contributed by atoms with E-state index in [-0.39, 0.29) is 16.9 Å². The highest BCUT2D eigenvalue weighted by atomic mass is 32.2. The first kappa shape index (κ1) is 10.6. The highest BCUT2D eigenvalue weighted by Gasteiger charge is 2.19. The van der Waals surface area contributed by atoms with E-state index in [9.17, 15) is 10.2 Å². The Morgan fingerprint density at radius 3 is 2.73 bits per heavy atom. The van der Waals surface area contributed by atoms with Gasteiger partial charge in [0, 0.05) is 0 Å². The first-order valence-electron chi connectivity index (χ1n) is 5.03. The van der Waals surface area contributed by atoms with E-state index in [1.165, 1.54) is 6.07 Å². The molecule has 1 saturated heterocycles. The maximum atomic E-state index is 9.40. The van der Waals surface area contributed by atoms with Gasteiger partial charge in [-0.15, -0.1) is 11.8 Å². The van der Waals surface area contributed by atoms with E-state index < -0.39 is 0 Å². The summed E-state index contributed by atoms with van der Waals surface area (Å²) in [4.78, 5) is 0. The number of thioether (sulfide) groups is 1. The van der Waals surface area contributed by atoms with Crippen molar-refractivity contribution >= 4 is 11.8 Å². The number of phenols is 2. The maximum absolute atomic E-state index is 9.40. The summed E-state index contributed by atoms with van der Waals surface area (Å²) in [7, 11) is 0. The third-order valence-corrected chi connectivity index (χ3v) is 4.03. The van der Waals surface area contributed by atoms with Gasteiger partial charge in [0.2, 0.25) is 0 Å². The topological polar surface area (TPSA) is 52.5 Å². The smallest absolute Gasteiger partial charge is 0.157 e. The van der Waals surface area contributed by atoms with Crippen molar-refractivity contribution in [2.45, 2.75) is 12.3 Å². The molecule has 3 nitrogen and oxygen atoms in total. The normalized spacial score (nSPS) is 26.5. The predicted octanol–water partition coefficient (Wildman–Crippen LogP) is 2.07. The molecule has 1 aliphatic rings. The lowest BCUT2D eigenvalue weighted by Gasteiger charge is -2.27. The number of hydrogen-bond acceptors (Lipinski definition) is 4. The minimum Gasteiger partial charge on any atom is -0.504 e. The fourth-order valence-electron chi connectivity index (χ4n) is 1.60. The van der Waals surface area contributed by atoms with Crippen molar-refractivity contribution in [2.75, 3.05) is 12.3 Å². The largest absolute Gasteiger partial charge is 0.504 e. The second kappa shape index (κ2) is 4.33. The Labute approximate surface area is 93.5 Å². The van der Waals surface area contributed by atoms with Crippen LogP contribution in [-0.4, -0.2) is 22.5 Å². The van der Waals surface area contributed by atoms with E-state index in [0.717, 1.165) is 17.9 Å². The molecule has 1 heterocycles. The molecule has 1 aliphatic heterocycles. The molecule has 0 saturated carbocycles. The van der Waals surface area contributed by atoms with Crippen LogP contribution >= 0.6 is 11.8 Å². The molecule has 0 aromatic heterocycles. The third kappa shape index (κ3) is 2.38. The molecule has 3 N–H and O–H groups in total. The molecular formula is C11H15NO2S. The summed E-state index contributed by atoms with van der Waals surface area (Å²) in [5, 5.41) is 22.2. The lowest BCUT2D eigenvalue weighted by Crippen LogP contribution is -2.31. The fourth-order valence-corrected chi connectivity index (χ4v) is 2.80. The molecule has 0 radical (unpaired) electrons. The number of aromatic hydroxyl groups is 2. The zero-order valence-corrected chi connectivity index (χ0v) is 9.42. The minimum atomic E-state index is -0.0621. The number of phenolic OH excluding ortho intramolecular Hbond substituents is 2. The average Bonchev–Trinajstić information content (AvgIpc) is 2.23. The molecule has 1 aromatic carbocycles. The second-order valence-electron chi connectivity index (χ2n) is 3.97. The van der Waals surface area contributed by atoms with Crippen LogP contribution in [0.15, 0.2) is 18.2 Å². The van der Waals surface area contributed by atoms with Crippen molar-refractivity contribution in [1.82, 2.24) is 5.32 Å². The predicted molar refractivity (Wildman–Crippen MR) is 62.1 cm³/mol. The summed E-state index contributed by atoms with van der Waals surface area (Å²) >= 11 is 1.84. The average molecular weight is 225 g/mol. The molecule has 0 aliphatic carbocycles. The van der Waals surface area contributed by atoms with Crippen LogP contribution in [-0.2, 0) is 0 Å². The van der Waals surface area contributed by atoms with Crippen LogP contribution in [0.3, 0.4) is 0 Å². The Balaban J connectivity index is 2.12. The number of hydrogen-bond donors (Lipinski definition) is 3. The first-order valence-corrected chi connectivity index (χ1v) is 6.08. The van der Waals surface area contributed by atoms with Gasteiger partial charge in [0.25, 0.3) is 0 Å². The highest BCUT2D eigenvalue weighted by molar-refractivity contribution is 7.99. The third-order valence-electron chi connectivity index (χ3n) is 2.50. The highest BCUT2D eigenvalue weighted by Crippen LogP contribution is 2.35. The van der Waals surface area contributed by atoms with Crippen LogP contribution in [0, 0.1) is 5.92 Å². The lowest BCUT2D eigenvalue weighted by molar-refractivity contribution is 0.402. The van der Waals surface area contributed by atoms with E-state index in [1.807, 2.05) is 17.8 Å². The second-order valence-corrected chi connectivity index (χ2v) is 5.11. The molecular weight excluding hydrogens is 210 g/mol. The van der Waals surface area contributed by atoms with Crippen LogP contribution < -0.4 is 5.32 Å². The zero-order valence-electron chi connectivity index (χ0n) is 8.60. The van der Waals surface area contributed by atoms with E-state index in [1.54, 1.807) is 6.07 Å². The summed E-state index contributed by atoms with van der Waals surface area (Å²) in [5.74, 6) is 1.71. The summed E-state index contributed by atoms with van der Waals surface area (Å²) in [6.07, 6.45) is 0. The fraction of sp³-hybridized carbons (Fsp3) is 0.455. The molecule has 0 spiro atoms. The first-order chi connectivity index (χ1) is 7.16. The number of rotatable bonds is 1. The van der Waals surface area contributed by atoms with Gasteiger partial charge in [0.1, 0.15) is 0 Å². The van der Waals surface area contributed by atoms with Crippen LogP contribution in [0.1, 0.15) is 17.9 Å². The van der Waals surface area contributed by atoms with Gasteiger partial charge in [-0.3, -0.25) is 0 Å². The van der Waals surface area contributed by atoms with Crippen LogP contribution in [0.4, 0.5) is 0 Å². The van der Waals surface area contributed by atoms with Gasteiger partial charge in [-0.1, -0.05) is 13.0 Å². The molecule has 2 rings (SSSR count). The van der Waals surface area contributed by atoms with Crippen LogP contribution in [0.5, 0.6) is 11.5 Å². The Morgan fingerprint density at radius 1 is 1.33 bits per heavy atom.